The van der Waals surface area contributed by atoms with Crippen molar-refractivity contribution in [2.45, 2.75) is 13.3 Å². The van der Waals surface area contributed by atoms with Crippen LogP contribution in [0.2, 0.25) is 5.02 Å². The summed E-state index contributed by atoms with van der Waals surface area (Å²) in [6.45, 7) is 2.20. The molecule has 0 unspecified atom stereocenters. The first-order chi connectivity index (χ1) is 12.0. The first kappa shape index (κ1) is 17.3. The van der Waals surface area contributed by atoms with Gasteiger partial charge in [-0.15, -0.1) is 0 Å². The maximum Gasteiger partial charge on any atom is 0.229 e. The Kier molecular flexibility index (Phi) is 4.95. The van der Waals surface area contributed by atoms with Gasteiger partial charge >= 0.3 is 0 Å². The highest BCUT2D eigenvalue weighted by Crippen LogP contribution is 2.32. The van der Waals surface area contributed by atoms with Crippen LogP contribution in [0.1, 0.15) is 12.0 Å². The average Bonchev–Trinajstić information content (AvgIpc) is 2.99. The monoisotopic (exact) mass is 358 g/mol. The van der Waals surface area contributed by atoms with Crippen LogP contribution < -0.4 is 15.0 Å². The Bertz CT molecular complexity index is 822. The molecule has 1 heterocycles. The van der Waals surface area contributed by atoms with Gasteiger partial charge in [-0.05, 0) is 36.8 Å². The predicted molar refractivity (Wildman–Crippen MR) is 98.3 cm³/mol. The molecule has 130 valence electrons. The first-order valence-electron chi connectivity index (χ1n) is 8.00. The molecule has 2 amide bonds. The fourth-order valence-corrected chi connectivity index (χ4v) is 3.16. The quantitative estimate of drug-likeness (QED) is 0.907. The topological polar surface area (TPSA) is 58.6 Å². The Morgan fingerprint density at radius 3 is 2.76 bits per heavy atom. The van der Waals surface area contributed by atoms with Crippen molar-refractivity contribution in [1.82, 2.24) is 0 Å². The molecule has 1 saturated heterocycles. The van der Waals surface area contributed by atoms with Gasteiger partial charge in [-0.3, -0.25) is 9.59 Å². The molecule has 25 heavy (non-hydrogen) atoms. The number of rotatable bonds is 4. The number of anilines is 2. The van der Waals surface area contributed by atoms with E-state index in [0.717, 1.165) is 11.3 Å². The number of para-hydroxylation sites is 2. The maximum atomic E-state index is 12.6. The Balaban J connectivity index is 1.76. The van der Waals surface area contributed by atoms with E-state index in [1.165, 1.54) is 0 Å². The van der Waals surface area contributed by atoms with Crippen LogP contribution in [0.5, 0.6) is 5.75 Å². The van der Waals surface area contributed by atoms with Crippen LogP contribution in [0.25, 0.3) is 0 Å². The van der Waals surface area contributed by atoms with Crippen LogP contribution in [0, 0.1) is 12.8 Å². The second kappa shape index (κ2) is 7.15. The smallest absolute Gasteiger partial charge is 0.229 e. The lowest BCUT2D eigenvalue weighted by Gasteiger charge is -2.19. The van der Waals surface area contributed by atoms with E-state index in [-0.39, 0.29) is 18.2 Å². The third kappa shape index (κ3) is 3.46. The van der Waals surface area contributed by atoms with Gasteiger partial charge in [0.2, 0.25) is 11.8 Å². The van der Waals surface area contributed by atoms with E-state index in [2.05, 4.69) is 5.32 Å². The zero-order valence-electron chi connectivity index (χ0n) is 14.1. The SMILES string of the molecule is COc1ccccc1NC(=O)[C@H]1CC(=O)N(c2cccc(Cl)c2C)C1. The third-order valence-electron chi connectivity index (χ3n) is 4.39. The third-order valence-corrected chi connectivity index (χ3v) is 4.80. The molecule has 1 fully saturated rings. The summed E-state index contributed by atoms with van der Waals surface area (Å²) < 4.78 is 5.24. The number of carbonyl (C=O) groups excluding carboxylic acids is 2. The molecule has 0 aliphatic carbocycles. The fourth-order valence-electron chi connectivity index (χ4n) is 2.99. The van der Waals surface area contributed by atoms with E-state index in [9.17, 15) is 9.59 Å². The van der Waals surface area contributed by atoms with Gasteiger partial charge in [0.05, 0.1) is 18.7 Å². The van der Waals surface area contributed by atoms with Crippen molar-refractivity contribution in [1.29, 1.82) is 0 Å². The number of hydrogen-bond acceptors (Lipinski definition) is 3. The zero-order valence-corrected chi connectivity index (χ0v) is 14.8. The van der Waals surface area contributed by atoms with Gasteiger partial charge in [0.25, 0.3) is 0 Å². The van der Waals surface area contributed by atoms with Gasteiger partial charge in [0.1, 0.15) is 5.75 Å². The minimum atomic E-state index is -0.421. The van der Waals surface area contributed by atoms with Crippen LogP contribution in [-0.2, 0) is 9.59 Å². The second-order valence-electron chi connectivity index (χ2n) is 5.98. The Labute approximate surface area is 151 Å². The molecule has 0 aromatic heterocycles. The van der Waals surface area contributed by atoms with Crippen molar-refractivity contribution in [3.63, 3.8) is 0 Å². The first-order valence-corrected chi connectivity index (χ1v) is 8.38. The van der Waals surface area contributed by atoms with Crippen LogP contribution in [0.15, 0.2) is 42.5 Å². The molecule has 1 aliphatic heterocycles. The second-order valence-corrected chi connectivity index (χ2v) is 6.39. The van der Waals surface area contributed by atoms with Gasteiger partial charge in [-0.25, -0.2) is 0 Å². The number of amides is 2. The number of ether oxygens (including phenoxy) is 1. The number of nitrogens with one attached hydrogen (secondary N) is 1. The van der Waals surface area contributed by atoms with E-state index < -0.39 is 5.92 Å². The van der Waals surface area contributed by atoms with E-state index >= 15 is 0 Å². The predicted octanol–water partition coefficient (Wildman–Crippen LogP) is 3.65. The highest BCUT2D eigenvalue weighted by molar-refractivity contribution is 6.31. The number of methoxy groups -OCH3 is 1. The van der Waals surface area contributed by atoms with Crippen LogP contribution in [0.3, 0.4) is 0 Å². The molecule has 6 heteroatoms. The molecule has 2 aromatic carbocycles. The van der Waals surface area contributed by atoms with Gasteiger partial charge < -0.3 is 15.0 Å². The molecule has 5 nitrogen and oxygen atoms in total. The lowest BCUT2D eigenvalue weighted by Crippen LogP contribution is -2.28. The van der Waals surface area contributed by atoms with Crippen LogP contribution in [0.4, 0.5) is 11.4 Å². The summed E-state index contributed by atoms with van der Waals surface area (Å²) in [5.41, 5.74) is 2.19. The highest BCUT2D eigenvalue weighted by atomic mass is 35.5. The summed E-state index contributed by atoms with van der Waals surface area (Å²) in [7, 11) is 1.55. The molecule has 0 bridgehead atoms. The molecular weight excluding hydrogens is 340 g/mol. The largest absolute Gasteiger partial charge is 0.495 e. The van der Waals surface area contributed by atoms with Crippen molar-refractivity contribution in [2.24, 2.45) is 5.92 Å². The van der Waals surface area contributed by atoms with E-state index in [0.29, 0.717) is 23.0 Å². The lowest BCUT2D eigenvalue weighted by molar-refractivity contribution is -0.122. The van der Waals surface area contributed by atoms with E-state index in [1.54, 1.807) is 36.3 Å². The lowest BCUT2D eigenvalue weighted by atomic mass is 10.1. The molecule has 1 atom stereocenters. The molecule has 0 saturated carbocycles. The van der Waals surface area contributed by atoms with E-state index in [4.69, 9.17) is 16.3 Å². The van der Waals surface area contributed by atoms with Crippen molar-refractivity contribution in [3.8, 4) is 5.75 Å². The van der Waals surface area contributed by atoms with E-state index in [1.807, 2.05) is 25.1 Å². The molecule has 0 spiro atoms. The Morgan fingerprint density at radius 2 is 2.00 bits per heavy atom. The van der Waals surface area contributed by atoms with Gasteiger partial charge in [0, 0.05) is 23.7 Å². The molecule has 1 aliphatic rings. The highest BCUT2D eigenvalue weighted by Gasteiger charge is 2.36. The van der Waals surface area contributed by atoms with Crippen LogP contribution in [-0.4, -0.2) is 25.5 Å². The van der Waals surface area contributed by atoms with Crippen LogP contribution >= 0.6 is 11.6 Å². The Morgan fingerprint density at radius 1 is 1.24 bits per heavy atom. The van der Waals surface area contributed by atoms with Crippen molar-refractivity contribution in [3.05, 3.63) is 53.1 Å². The number of nitrogens with zero attached hydrogens (tertiary/aromatic N) is 1. The Hall–Kier alpha value is -2.53. The summed E-state index contributed by atoms with van der Waals surface area (Å²) in [6, 6.07) is 12.6. The minimum absolute atomic E-state index is 0.0782. The summed E-state index contributed by atoms with van der Waals surface area (Å²) in [5, 5.41) is 3.46. The average molecular weight is 359 g/mol. The number of hydrogen-bond donors (Lipinski definition) is 1. The zero-order chi connectivity index (χ0) is 18.0. The fraction of sp³-hybridized carbons (Fsp3) is 0.263. The number of benzene rings is 2. The summed E-state index contributed by atoms with van der Waals surface area (Å²) in [6.07, 6.45) is 0.174. The molecule has 0 radical (unpaired) electrons. The van der Waals surface area contributed by atoms with Gasteiger partial charge in [-0.2, -0.15) is 0 Å². The summed E-state index contributed by atoms with van der Waals surface area (Å²) >= 11 is 6.15. The summed E-state index contributed by atoms with van der Waals surface area (Å²) in [5.74, 6) is -0.107. The number of carbonyl (C=O) groups is 2. The standard InChI is InChI=1S/C19H19ClN2O3/c1-12-14(20)6-5-8-16(12)22-11-13(10-18(22)23)19(24)21-15-7-3-4-9-17(15)25-2/h3-9,13H,10-11H2,1-2H3,(H,21,24)/t13-/m0/s1. The van der Waals surface area contributed by atoms with Gasteiger partial charge in [0.15, 0.2) is 0 Å². The number of halogens is 1. The van der Waals surface area contributed by atoms with Crippen molar-refractivity contribution >= 4 is 34.8 Å². The minimum Gasteiger partial charge on any atom is -0.495 e. The van der Waals surface area contributed by atoms with Gasteiger partial charge in [-0.1, -0.05) is 29.8 Å². The normalized spacial score (nSPS) is 16.8. The summed E-state index contributed by atoms with van der Waals surface area (Å²) in [4.78, 5) is 26.6. The molecule has 2 aromatic rings. The maximum absolute atomic E-state index is 12.6. The molecule has 3 rings (SSSR count). The van der Waals surface area contributed by atoms with Crippen molar-refractivity contribution < 1.29 is 14.3 Å². The molecular formula is C19H19ClN2O3. The molecule has 1 N–H and O–H groups in total. The van der Waals surface area contributed by atoms with Crippen molar-refractivity contribution in [2.75, 3.05) is 23.9 Å².